The normalized spacial score (nSPS) is 55.1. The van der Waals surface area contributed by atoms with Crippen LogP contribution in [-0.2, 0) is 28.4 Å². The predicted molar refractivity (Wildman–Crippen MR) is 213 cm³/mol. The van der Waals surface area contributed by atoms with Crippen molar-refractivity contribution < 1.29 is 74.4 Å². The molecule has 3 aliphatic heterocycles. The van der Waals surface area contributed by atoms with Crippen molar-refractivity contribution >= 4 is 0 Å². The Morgan fingerprint density at radius 1 is 0.600 bits per heavy atom. The van der Waals surface area contributed by atoms with E-state index in [0.717, 1.165) is 51.4 Å². The minimum absolute atomic E-state index is 0.0517. The van der Waals surface area contributed by atoms with Gasteiger partial charge in [-0.15, -0.1) is 0 Å². The summed E-state index contributed by atoms with van der Waals surface area (Å²) in [5, 5.41) is 97.7. The fourth-order valence-electron chi connectivity index (χ4n) is 14.2. The lowest BCUT2D eigenvalue weighted by Gasteiger charge is -2.71. The smallest absolute Gasteiger partial charge is 0.186 e. The van der Waals surface area contributed by atoms with Crippen molar-refractivity contribution in [1.29, 1.82) is 0 Å². The number of fused-ring (bicyclic) bond motifs is 7. The van der Waals surface area contributed by atoms with Gasteiger partial charge in [0.1, 0.15) is 54.9 Å². The summed E-state index contributed by atoms with van der Waals surface area (Å²) < 4.78 is 35.0. The Kier molecular flexibility index (Phi) is 12.1. The van der Waals surface area contributed by atoms with Gasteiger partial charge < -0.3 is 74.4 Å². The molecule has 8 rings (SSSR count). The van der Waals surface area contributed by atoms with E-state index in [2.05, 4.69) is 54.5 Å². The van der Waals surface area contributed by atoms with Crippen LogP contribution in [0.4, 0.5) is 0 Å². The monoisotopic (exact) mass is 855 g/mol. The molecule has 0 bridgehead atoms. The van der Waals surface area contributed by atoms with Crippen LogP contribution in [0.5, 0.6) is 0 Å². The third-order valence-electron chi connectivity index (χ3n) is 18.4. The first-order valence-corrected chi connectivity index (χ1v) is 22.6. The van der Waals surface area contributed by atoms with Crippen molar-refractivity contribution in [2.24, 2.45) is 50.2 Å². The molecule has 7 fully saturated rings. The van der Waals surface area contributed by atoms with Crippen LogP contribution in [0.3, 0.4) is 0 Å². The molecular formula is C45H74O15. The molecule has 344 valence electrons. The molecule has 21 atom stereocenters. The van der Waals surface area contributed by atoms with Crippen molar-refractivity contribution in [3.05, 3.63) is 11.6 Å². The minimum Gasteiger partial charge on any atom is -0.393 e. The first-order valence-electron chi connectivity index (χ1n) is 22.6. The van der Waals surface area contributed by atoms with E-state index < -0.39 is 85.3 Å². The molecule has 3 saturated heterocycles. The first kappa shape index (κ1) is 45.7. The number of aliphatic hydroxyl groups is 9. The molecule has 0 spiro atoms. The fraction of sp³-hybridized carbons (Fsp3) is 0.956. The molecule has 0 aromatic heterocycles. The molecule has 0 radical (unpaired) electrons. The number of hydrogen-bond donors (Lipinski definition) is 9. The van der Waals surface area contributed by atoms with E-state index in [9.17, 15) is 46.0 Å². The van der Waals surface area contributed by atoms with Crippen molar-refractivity contribution in [1.82, 2.24) is 0 Å². The highest BCUT2D eigenvalue weighted by atomic mass is 16.7. The van der Waals surface area contributed by atoms with Gasteiger partial charge in [0.15, 0.2) is 18.9 Å². The summed E-state index contributed by atoms with van der Waals surface area (Å²) in [6.45, 7) is 15.6. The molecule has 21 unspecified atom stereocenters. The highest BCUT2D eigenvalue weighted by molar-refractivity contribution is 5.34. The molecule has 15 heteroatoms. The van der Waals surface area contributed by atoms with Crippen LogP contribution in [0, 0.1) is 50.2 Å². The van der Waals surface area contributed by atoms with Crippen LogP contribution in [0.1, 0.15) is 106 Å². The van der Waals surface area contributed by atoms with Gasteiger partial charge in [-0.2, -0.15) is 0 Å². The Hall–Kier alpha value is -0.860. The van der Waals surface area contributed by atoms with Gasteiger partial charge in [0.25, 0.3) is 0 Å². The molecule has 15 nitrogen and oxygen atoms in total. The summed E-state index contributed by atoms with van der Waals surface area (Å²) in [5.41, 5.74) is 0.645. The maximum Gasteiger partial charge on any atom is 0.186 e. The summed E-state index contributed by atoms with van der Waals surface area (Å²) >= 11 is 0. The fourth-order valence-corrected chi connectivity index (χ4v) is 14.2. The average molecular weight is 855 g/mol. The van der Waals surface area contributed by atoms with Gasteiger partial charge in [-0.05, 0) is 103 Å². The van der Waals surface area contributed by atoms with E-state index in [0.29, 0.717) is 18.3 Å². The molecule has 4 saturated carbocycles. The van der Waals surface area contributed by atoms with Gasteiger partial charge in [0, 0.05) is 5.41 Å². The zero-order valence-corrected chi connectivity index (χ0v) is 36.6. The SMILES string of the molecule is CC1(C)CC2C3=CCC4C5(C)CCC(O)C(C)(C)C5CCC4(C)C3(C)CCC2(COC2OCC(O)C(OC3OCC(O)C(OC4OCC(O)C(O)C4O)C3O)C2O)CC1O. The Bertz CT molecular complexity index is 1590. The standard InChI is InChI=1S/C45H74O15/c1-40(2)16-23-22-8-9-28-42(5)12-11-29(49)41(3,4)27(42)10-13-44(28,7)43(22,6)14-15-45(23,17-30(40)50)21-58-37-33(53)35(25(47)19-55-37)60-39-34(54)36(26(48)20-57-39)59-38-32(52)31(51)24(46)18-56-38/h8,23-39,46-54H,9-21H2,1-7H3. The van der Waals surface area contributed by atoms with E-state index in [1.54, 1.807) is 0 Å². The third-order valence-corrected chi connectivity index (χ3v) is 18.4. The van der Waals surface area contributed by atoms with Gasteiger partial charge in [-0.1, -0.05) is 60.1 Å². The average Bonchev–Trinajstić information content (AvgIpc) is 3.18. The maximum absolute atomic E-state index is 11.7. The van der Waals surface area contributed by atoms with Crippen molar-refractivity contribution in [2.45, 2.75) is 192 Å². The molecule has 5 aliphatic carbocycles. The molecule has 0 aromatic rings. The Labute approximate surface area is 354 Å². The predicted octanol–water partition coefficient (Wildman–Crippen LogP) is 1.50. The summed E-state index contributed by atoms with van der Waals surface area (Å²) in [6, 6.07) is 0. The zero-order valence-electron chi connectivity index (χ0n) is 36.6. The summed E-state index contributed by atoms with van der Waals surface area (Å²) in [7, 11) is 0. The van der Waals surface area contributed by atoms with Crippen LogP contribution in [0.25, 0.3) is 0 Å². The molecule has 3 heterocycles. The number of ether oxygens (including phenoxy) is 6. The molecule has 60 heavy (non-hydrogen) atoms. The number of aliphatic hydroxyl groups excluding tert-OH is 9. The number of allylic oxidation sites excluding steroid dienone is 2. The second-order valence-electron chi connectivity index (χ2n) is 22.3. The van der Waals surface area contributed by atoms with Gasteiger partial charge >= 0.3 is 0 Å². The van der Waals surface area contributed by atoms with Crippen LogP contribution in [0.15, 0.2) is 11.6 Å². The Morgan fingerprint density at radius 3 is 1.83 bits per heavy atom. The second-order valence-corrected chi connectivity index (χ2v) is 22.3. The van der Waals surface area contributed by atoms with Gasteiger partial charge in [0.05, 0.1) is 38.6 Å². The van der Waals surface area contributed by atoms with E-state index in [1.807, 2.05) is 0 Å². The molecule has 9 N–H and O–H groups in total. The summed E-state index contributed by atoms with van der Waals surface area (Å²) in [6.07, 6.45) is -7.69. The largest absolute Gasteiger partial charge is 0.393 e. The lowest BCUT2D eigenvalue weighted by atomic mass is 9.33. The summed E-state index contributed by atoms with van der Waals surface area (Å²) in [5.74, 6) is 1.05. The highest BCUT2D eigenvalue weighted by Gasteiger charge is 2.69. The summed E-state index contributed by atoms with van der Waals surface area (Å²) in [4.78, 5) is 0. The molecule has 0 aromatic carbocycles. The van der Waals surface area contributed by atoms with Crippen LogP contribution in [0.2, 0.25) is 0 Å². The third kappa shape index (κ3) is 7.11. The van der Waals surface area contributed by atoms with Gasteiger partial charge in [0.2, 0.25) is 0 Å². The quantitative estimate of drug-likeness (QED) is 0.165. The van der Waals surface area contributed by atoms with E-state index in [4.69, 9.17) is 28.4 Å². The lowest BCUT2D eigenvalue weighted by molar-refractivity contribution is -0.357. The van der Waals surface area contributed by atoms with Crippen LogP contribution in [-0.4, -0.2) is 158 Å². The first-order chi connectivity index (χ1) is 28.0. The Balaban J connectivity index is 0.990. The number of rotatable bonds is 7. The van der Waals surface area contributed by atoms with Crippen LogP contribution < -0.4 is 0 Å². The van der Waals surface area contributed by atoms with E-state index in [-0.39, 0.29) is 65.5 Å². The molecule has 0 amide bonds. The highest BCUT2D eigenvalue weighted by Crippen LogP contribution is 2.75. The van der Waals surface area contributed by atoms with Gasteiger partial charge in [-0.25, -0.2) is 0 Å². The van der Waals surface area contributed by atoms with E-state index >= 15 is 0 Å². The topological polar surface area (TPSA) is 237 Å². The van der Waals surface area contributed by atoms with Gasteiger partial charge in [-0.3, -0.25) is 0 Å². The molecular weight excluding hydrogens is 780 g/mol. The zero-order chi connectivity index (χ0) is 43.5. The Morgan fingerprint density at radius 2 is 1.18 bits per heavy atom. The van der Waals surface area contributed by atoms with E-state index in [1.165, 1.54) is 5.57 Å². The second kappa shape index (κ2) is 15.9. The van der Waals surface area contributed by atoms with Crippen LogP contribution >= 0.6 is 0 Å². The maximum atomic E-state index is 11.7. The minimum atomic E-state index is -1.68. The van der Waals surface area contributed by atoms with Crippen molar-refractivity contribution in [3.63, 3.8) is 0 Å². The molecule has 8 aliphatic rings. The van der Waals surface area contributed by atoms with Crippen molar-refractivity contribution in [2.75, 3.05) is 26.4 Å². The lowest BCUT2D eigenvalue weighted by Crippen LogP contribution is -2.65. The number of hydrogen-bond acceptors (Lipinski definition) is 15. The van der Waals surface area contributed by atoms with Crippen molar-refractivity contribution in [3.8, 4) is 0 Å².